The Labute approximate surface area is 130 Å². The van der Waals surface area contributed by atoms with Gasteiger partial charge in [0.25, 0.3) is 0 Å². The lowest BCUT2D eigenvalue weighted by molar-refractivity contribution is 0.450. The van der Waals surface area contributed by atoms with Crippen LogP contribution in [0.1, 0.15) is 25.6 Å². The minimum atomic E-state index is -3.43. The van der Waals surface area contributed by atoms with E-state index in [0.717, 1.165) is 8.66 Å². The van der Waals surface area contributed by atoms with Crippen molar-refractivity contribution >= 4 is 54.5 Å². The quantitative estimate of drug-likeness (QED) is 0.780. The Morgan fingerprint density at radius 2 is 2.05 bits per heavy atom. The average molecular weight is 386 g/mol. The van der Waals surface area contributed by atoms with Crippen LogP contribution in [0.3, 0.4) is 0 Å². The van der Waals surface area contributed by atoms with Gasteiger partial charge in [-0.25, -0.2) is 8.42 Å². The van der Waals surface area contributed by atoms with Crippen molar-refractivity contribution < 1.29 is 8.42 Å². The molecule has 2 rings (SSSR count). The van der Waals surface area contributed by atoms with Crippen molar-refractivity contribution in [1.82, 2.24) is 5.32 Å². The minimum Gasteiger partial charge on any atom is -0.362 e. The Morgan fingerprint density at radius 3 is 2.47 bits per heavy atom. The van der Waals surface area contributed by atoms with Gasteiger partial charge in [0, 0.05) is 0 Å². The van der Waals surface area contributed by atoms with Crippen molar-refractivity contribution in [2.75, 3.05) is 5.75 Å². The summed E-state index contributed by atoms with van der Waals surface area (Å²) in [4.78, 5) is 0.727. The smallest absolute Gasteiger partial charge is 0.165 e. The van der Waals surface area contributed by atoms with Gasteiger partial charge in [0.2, 0.25) is 0 Å². The van der Waals surface area contributed by atoms with Crippen LogP contribution in [0.5, 0.6) is 0 Å². The molecule has 0 aromatic carbocycles. The maximum Gasteiger partial charge on any atom is 0.165 e. The molecule has 19 heavy (non-hydrogen) atoms. The number of rotatable bonds is 1. The number of amidine groups is 1. The van der Waals surface area contributed by atoms with Gasteiger partial charge in [-0.05, 0) is 42.8 Å². The minimum absolute atomic E-state index is 0.00170. The zero-order valence-corrected chi connectivity index (χ0v) is 14.6. The number of halogens is 2. The van der Waals surface area contributed by atoms with Crippen molar-refractivity contribution in [3.05, 3.63) is 19.8 Å². The Morgan fingerprint density at radius 1 is 1.47 bits per heavy atom. The van der Waals surface area contributed by atoms with Gasteiger partial charge in [-0.15, -0.1) is 11.3 Å². The van der Waals surface area contributed by atoms with E-state index in [1.807, 2.05) is 0 Å². The molecule has 0 spiro atoms. The van der Waals surface area contributed by atoms with E-state index in [-0.39, 0.29) is 11.6 Å². The SMILES string of the molecule is CC1(C)C(=N)N[C@](C)(c2sc(Br)cc2Cl)CS1(=O)=O. The van der Waals surface area contributed by atoms with Crippen molar-refractivity contribution in [2.45, 2.75) is 31.1 Å². The molecule has 0 unspecified atom stereocenters. The van der Waals surface area contributed by atoms with Gasteiger partial charge in [0.15, 0.2) is 9.84 Å². The summed E-state index contributed by atoms with van der Waals surface area (Å²) < 4.78 is 24.4. The van der Waals surface area contributed by atoms with Gasteiger partial charge in [0.1, 0.15) is 10.6 Å². The van der Waals surface area contributed by atoms with Crippen LogP contribution in [0.2, 0.25) is 5.02 Å². The molecule has 0 radical (unpaired) electrons. The first-order valence-electron chi connectivity index (χ1n) is 5.54. The number of sulfone groups is 1. The molecule has 1 aliphatic rings. The van der Waals surface area contributed by atoms with Gasteiger partial charge in [0.05, 0.1) is 25.0 Å². The highest BCUT2D eigenvalue weighted by molar-refractivity contribution is 9.11. The molecule has 0 amide bonds. The van der Waals surface area contributed by atoms with Crippen molar-refractivity contribution in [3.8, 4) is 0 Å². The van der Waals surface area contributed by atoms with Gasteiger partial charge in [-0.1, -0.05) is 11.6 Å². The first kappa shape index (κ1) is 15.3. The normalized spacial score (nSPS) is 29.0. The molecule has 1 saturated heterocycles. The molecule has 1 fully saturated rings. The molecule has 1 aliphatic heterocycles. The summed E-state index contributed by atoms with van der Waals surface area (Å²) >= 11 is 10.9. The standard InChI is InChI=1S/C11H14BrClN2O2S2/c1-10(2)9(14)15-11(3,5-19(10,16)17)8-6(13)4-7(12)18-8/h4H,5H2,1-3H3,(H2,14,15)/t11-/m0/s1. The maximum absolute atomic E-state index is 12.4. The van der Waals surface area contributed by atoms with Crippen LogP contribution < -0.4 is 5.32 Å². The zero-order valence-electron chi connectivity index (χ0n) is 10.7. The topological polar surface area (TPSA) is 70.0 Å². The van der Waals surface area contributed by atoms with E-state index in [2.05, 4.69) is 21.2 Å². The van der Waals surface area contributed by atoms with Crippen LogP contribution >= 0.6 is 38.9 Å². The predicted molar refractivity (Wildman–Crippen MR) is 83.1 cm³/mol. The molecule has 2 heterocycles. The molecule has 1 aromatic heterocycles. The van der Waals surface area contributed by atoms with E-state index in [1.165, 1.54) is 11.3 Å². The van der Waals surface area contributed by atoms with Crippen LogP contribution in [0.4, 0.5) is 0 Å². The molecule has 0 aliphatic carbocycles. The highest BCUT2D eigenvalue weighted by Crippen LogP contribution is 2.42. The van der Waals surface area contributed by atoms with Gasteiger partial charge in [-0.3, -0.25) is 5.41 Å². The van der Waals surface area contributed by atoms with E-state index in [0.29, 0.717) is 5.02 Å². The molecule has 106 valence electrons. The van der Waals surface area contributed by atoms with E-state index in [9.17, 15) is 8.42 Å². The van der Waals surface area contributed by atoms with Crippen LogP contribution in [0.25, 0.3) is 0 Å². The fourth-order valence-electron chi connectivity index (χ4n) is 2.02. The third-order valence-electron chi connectivity index (χ3n) is 3.42. The molecule has 1 aromatic rings. The molecular weight excluding hydrogens is 372 g/mol. The summed E-state index contributed by atoms with van der Waals surface area (Å²) in [6.45, 7) is 4.85. The molecule has 4 nitrogen and oxygen atoms in total. The third kappa shape index (κ3) is 2.34. The maximum atomic E-state index is 12.4. The highest BCUT2D eigenvalue weighted by atomic mass is 79.9. The van der Waals surface area contributed by atoms with Crippen LogP contribution in [-0.2, 0) is 15.4 Å². The fourth-order valence-corrected chi connectivity index (χ4v) is 6.03. The molecule has 8 heteroatoms. The average Bonchev–Trinajstić information content (AvgIpc) is 2.55. The Kier molecular flexibility index (Phi) is 3.57. The zero-order chi connectivity index (χ0) is 14.6. The van der Waals surface area contributed by atoms with Crippen LogP contribution in [-0.4, -0.2) is 24.8 Å². The summed E-state index contributed by atoms with van der Waals surface area (Å²) in [5.74, 6) is -0.0796. The monoisotopic (exact) mass is 384 g/mol. The number of thiophene rings is 1. The summed E-state index contributed by atoms with van der Waals surface area (Å²) in [7, 11) is -3.43. The number of hydrogen-bond acceptors (Lipinski definition) is 4. The lowest BCUT2D eigenvalue weighted by Crippen LogP contribution is -2.63. The van der Waals surface area contributed by atoms with Gasteiger partial charge < -0.3 is 5.32 Å². The van der Waals surface area contributed by atoms with Crippen LogP contribution in [0.15, 0.2) is 9.85 Å². The van der Waals surface area contributed by atoms with Crippen molar-refractivity contribution in [2.24, 2.45) is 0 Å². The van der Waals surface area contributed by atoms with E-state index < -0.39 is 20.1 Å². The van der Waals surface area contributed by atoms with Crippen LogP contribution in [0, 0.1) is 5.41 Å². The Bertz CT molecular complexity index is 654. The Balaban J connectivity index is 2.54. The summed E-state index contributed by atoms with van der Waals surface area (Å²) in [5, 5.41) is 11.5. The largest absolute Gasteiger partial charge is 0.362 e. The fraction of sp³-hybridized carbons (Fsp3) is 0.545. The first-order chi connectivity index (χ1) is 8.49. The molecule has 0 saturated carbocycles. The molecular formula is C11H14BrClN2O2S2. The third-order valence-corrected chi connectivity index (χ3v) is 8.45. The molecule has 0 bridgehead atoms. The second kappa shape index (κ2) is 4.44. The number of nitrogens with one attached hydrogen (secondary N) is 2. The summed E-state index contributed by atoms with van der Waals surface area (Å²) in [5.41, 5.74) is -0.862. The lowest BCUT2D eigenvalue weighted by atomic mass is 10.00. The number of hydrogen-bond donors (Lipinski definition) is 2. The van der Waals surface area contributed by atoms with Crippen molar-refractivity contribution in [1.29, 1.82) is 5.41 Å². The molecule has 2 N–H and O–H groups in total. The van der Waals surface area contributed by atoms with Gasteiger partial charge in [-0.2, -0.15) is 0 Å². The second-order valence-corrected chi connectivity index (χ2v) is 10.7. The first-order valence-corrected chi connectivity index (χ1v) is 9.18. The Hall–Kier alpha value is -0.110. The van der Waals surface area contributed by atoms with Gasteiger partial charge >= 0.3 is 0 Å². The lowest BCUT2D eigenvalue weighted by Gasteiger charge is -2.42. The summed E-state index contributed by atoms with van der Waals surface area (Å²) in [6.07, 6.45) is 0. The molecule has 1 atom stereocenters. The van der Waals surface area contributed by atoms with E-state index in [1.54, 1.807) is 26.8 Å². The second-order valence-electron chi connectivity index (χ2n) is 5.33. The summed E-state index contributed by atoms with van der Waals surface area (Å²) in [6, 6.07) is 1.74. The predicted octanol–water partition coefficient (Wildman–Crippen LogP) is 3.15. The highest BCUT2D eigenvalue weighted by Gasteiger charge is 2.51. The van der Waals surface area contributed by atoms with Crippen molar-refractivity contribution in [3.63, 3.8) is 0 Å². The van der Waals surface area contributed by atoms with E-state index in [4.69, 9.17) is 17.0 Å². The van der Waals surface area contributed by atoms with E-state index >= 15 is 0 Å².